The normalized spacial score (nSPS) is 21.8. The number of nitrogens with one attached hydrogen (secondary N) is 3. The van der Waals surface area contributed by atoms with E-state index in [9.17, 15) is 23.5 Å². The molecule has 0 spiro atoms. The van der Waals surface area contributed by atoms with Crippen LogP contribution in [0.15, 0.2) is 47.9 Å². The van der Waals surface area contributed by atoms with E-state index < -0.39 is 17.9 Å². The average molecular weight is 472 g/mol. The molecule has 4 unspecified atom stereocenters. The standard InChI is InChI=1S/C23H35F2N3O3S/c1-5-17(8-7-16(3)22(24)25)26-12-11-23(31,6-2)14-21(30)28-18-9-10-19(27-15-29)20(13-18)32-4/h5,7-10,13,15-16,19-20,22,26,31H,6,11-12,14H2,1-4H3,(H,27,29)(H,28,30)/b8-7-,17-5+. The first kappa shape index (κ1) is 27.9. The van der Waals surface area contributed by atoms with E-state index in [0.29, 0.717) is 37.2 Å². The van der Waals surface area contributed by atoms with Crippen molar-refractivity contribution >= 4 is 24.1 Å². The van der Waals surface area contributed by atoms with Gasteiger partial charge in [-0.3, -0.25) is 9.59 Å². The van der Waals surface area contributed by atoms with Crippen LogP contribution in [0.4, 0.5) is 8.78 Å². The van der Waals surface area contributed by atoms with Crippen LogP contribution in [-0.2, 0) is 9.59 Å². The van der Waals surface area contributed by atoms with Crippen molar-refractivity contribution in [2.75, 3.05) is 12.8 Å². The lowest BCUT2D eigenvalue weighted by Gasteiger charge is -2.28. The van der Waals surface area contributed by atoms with Crippen molar-refractivity contribution in [3.8, 4) is 0 Å². The SMILES string of the molecule is C/C=C(\C=C/C(C)C(F)F)NCCC(O)(CC)CC(=O)NC1=CC(SC)C(NC=O)C=C1. The predicted molar refractivity (Wildman–Crippen MR) is 126 cm³/mol. The molecule has 32 heavy (non-hydrogen) atoms. The summed E-state index contributed by atoms with van der Waals surface area (Å²) >= 11 is 1.55. The van der Waals surface area contributed by atoms with E-state index in [1.54, 1.807) is 36.9 Å². The Balaban J connectivity index is 2.60. The van der Waals surface area contributed by atoms with Gasteiger partial charge in [0.2, 0.25) is 18.7 Å². The molecule has 1 aliphatic carbocycles. The van der Waals surface area contributed by atoms with Crippen molar-refractivity contribution in [2.45, 2.75) is 63.4 Å². The highest BCUT2D eigenvalue weighted by Gasteiger charge is 2.28. The third-order valence-electron chi connectivity index (χ3n) is 5.35. The van der Waals surface area contributed by atoms with Gasteiger partial charge in [0.05, 0.1) is 18.1 Å². The highest BCUT2D eigenvalue weighted by molar-refractivity contribution is 7.99. The van der Waals surface area contributed by atoms with Crippen LogP contribution in [-0.4, -0.2) is 53.5 Å². The Bertz CT molecular complexity index is 740. The third-order valence-corrected chi connectivity index (χ3v) is 6.33. The largest absolute Gasteiger partial charge is 0.389 e. The van der Waals surface area contributed by atoms with Gasteiger partial charge in [0.1, 0.15) is 0 Å². The average Bonchev–Trinajstić information content (AvgIpc) is 2.76. The van der Waals surface area contributed by atoms with E-state index in [4.69, 9.17) is 0 Å². The van der Waals surface area contributed by atoms with Crippen molar-refractivity contribution in [1.82, 2.24) is 16.0 Å². The minimum atomic E-state index is -2.42. The molecule has 0 aromatic rings. The smallest absolute Gasteiger partial charge is 0.244 e. The van der Waals surface area contributed by atoms with Gasteiger partial charge in [-0.25, -0.2) is 8.78 Å². The maximum atomic E-state index is 12.6. The molecule has 0 saturated carbocycles. The van der Waals surface area contributed by atoms with Gasteiger partial charge < -0.3 is 21.1 Å². The number of thioether (sulfide) groups is 1. The molecule has 6 nitrogen and oxygen atoms in total. The summed E-state index contributed by atoms with van der Waals surface area (Å²) in [6.45, 7) is 5.44. The Labute approximate surface area is 193 Å². The zero-order valence-electron chi connectivity index (χ0n) is 19.1. The molecule has 0 aromatic carbocycles. The van der Waals surface area contributed by atoms with E-state index in [1.807, 2.05) is 25.3 Å². The van der Waals surface area contributed by atoms with Gasteiger partial charge in [-0.15, -0.1) is 0 Å². The van der Waals surface area contributed by atoms with Crippen LogP contribution in [0.3, 0.4) is 0 Å². The van der Waals surface area contributed by atoms with E-state index >= 15 is 0 Å². The number of carbonyl (C=O) groups is 2. The number of halogens is 2. The summed E-state index contributed by atoms with van der Waals surface area (Å²) in [4.78, 5) is 23.3. The summed E-state index contributed by atoms with van der Waals surface area (Å²) in [5, 5.41) is 19.5. The zero-order chi connectivity index (χ0) is 24.1. The van der Waals surface area contributed by atoms with Gasteiger partial charge in [-0.05, 0) is 44.2 Å². The monoisotopic (exact) mass is 471 g/mol. The summed E-state index contributed by atoms with van der Waals surface area (Å²) in [6.07, 6.45) is 11.0. The molecule has 4 N–H and O–H groups in total. The van der Waals surface area contributed by atoms with Crippen LogP contribution in [0.2, 0.25) is 0 Å². The number of alkyl halides is 2. The maximum Gasteiger partial charge on any atom is 0.244 e. The van der Waals surface area contributed by atoms with E-state index in [1.165, 1.54) is 13.0 Å². The zero-order valence-corrected chi connectivity index (χ0v) is 19.9. The number of aliphatic hydroxyl groups is 1. The lowest BCUT2D eigenvalue weighted by atomic mass is 9.92. The Morgan fingerprint density at radius 1 is 1.41 bits per heavy atom. The topological polar surface area (TPSA) is 90.5 Å². The number of amides is 2. The number of carbonyl (C=O) groups excluding carboxylic acids is 2. The molecule has 0 bridgehead atoms. The lowest BCUT2D eigenvalue weighted by Crippen LogP contribution is -2.40. The van der Waals surface area contributed by atoms with Crippen LogP contribution < -0.4 is 16.0 Å². The molecular weight excluding hydrogens is 436 g/mol. The molecule has 0 saturated heterocycles. The second kappa shape index (κ2) is 14.1. The minimum Gasteiger partial charge on any atom is -0.389 e. The second-order valence-electron chi connectivity index (χ2n) is 7.77. The fourth-order valence-electron chi connectivity index (χ4n) is 3.11. The van der Waals surface area contributed by atoms with E-state index in [2.05, 4.69) is 16.0 Å². The quantitative estimate of drug-likeness (QED) is 0.231. The molecule has 2 amide bonds. The highest BCUT2D eigenvalue weighted by Crippen LogP contribution is 2.22. The van der Waals surface area contributed by atoms with Crippen molar-refractivity contribution in [3.05, 3.63) is 47.9 Å². The summed E-state index contributed by atoms with van der Waals surface area (Å²) in [5.74, 6) is -1.15. The predicted octanol–water partition coefficient (Wildman–Crippen LogP) is 3.27. The Morgan fingerprint density at radius 2 is 2.12 bits per heavy atom. The van der Waals surface area contributed by atoms with Gasteiger partial charge in [-0.1, -0.05) is 32.1 Å². The Morgan fingerprint density at radius 3 is 2.69 bits per heavy atom. The maximum absolute atomic E-state index is 12.6. The van der Waals surface area contributed by atoms with Crippen LogP contribution in [0.1, 0.15) is 40.0 Å². The molecule has 0 radical (unpaired) electrons. The number of hydrogen-bond acceptors (Lipinski definition) is 5. The Hall–Kier alpha value is -2.13. The molecule has 0 fully saturated rings. The van der Waals surface area contributed by atoms with Gasteiger partial charge in [-0.2, -0.15) is 11.8 Å². The first-order valence-electron chi connectivity index (χ1n) is 10.7. The second-order valence-corrected chi connectivity index (χ2v) is 8.78. The fourth-order valence-corrected chi connectivity index (χ4v) is 3.86. The van der Waals surface area contributed by atoms with Gasteiger partial charge in [0.15, 0.2) is 0 Å². The molecule has 0 heterocycles. The Kier molecular flexibility index (Phi) is 12.3. The summed E-state index contributed by atoms with van der Waals surface area (Å²) in [6, 6.07) is -0.139. The summed E-state index contributed by atoms with van der Waals surface area (Å²) in [5.41, 5.74) is 0.110. The first-order valence-corrected chi connectivity index (χ1v) is 12.0. The fraction of sp³-hybridized carbons (Fsp3) is 0.565. The van der Waals surface area contributed by atoms with Crippen molar-refractivity contribution < 1.29 is 23.5 Å². The summed E-state index contributed by atoms with van der Waals surface area (Å²) in [7, 11) is 0. The molecular formula is C23H35F2N3O3S. The molecule has 0 aliphatic heterocycles. The third kappa shape index (κ3) is 9.56. The van der Waals surface area contributed by atoms with Gasteiger partial charge >= 0.3 is 0 Å². The van der Waals surface area contributed by atoms with Gasteiger partial charge in [0, 0.05) is 29.1 Å². The van der Waals surface area contributed by atoms with Gasteiger partial charge in [0.25, 0.3) is 0 Å². The number of allylic oxidation sites excluding steroid dienone is 4. The van der Waals surface area contributed by atoms with Crippen molar-refractivity contribution in [2.24, 2.45) is 5.92 Å². The lowest BCUT2D eigenvalue weighted by molar-refractivity contribution is -0.125. The summed E-state index contributed by atoms with van der Waals surface area (Å²) < 4.78 is 25.3. The number of hydrogen-bond donors (Lipinski definition) is 4. The minimum absolute atomic E-state index is 0.00476. The number of rotatable bonds is 14. The van der Waals surface area contributed by atoms with Crippen LogP contribution in [0.5, 0.6) is 0 Å². The van der Waals surface area contributed by atoms with Crippen LogP contribution in [0.25, 0.3) is 0 Å². The molecule has 180 valence electrons. The first-order chi connectivity index (χ1) is 15.2. The van der Waals surface area contributed by atoms with Crippen LogP contribution in [0, 0.1) is 5.92 Å². The molecule has 4 atom stereocenters. The van der Waals surface area contributed by atoms with Crippen molar-refractivity contribution in [1.29, 1.82) is 0 Å². The molecule has 1 rings (SSSR count). The molecule has 9 heteroatoms. The van der Waals surface area contributed by atoms with Crippen LogP contribution >= 0.6 is 11.8 Å². The van der Waals surface area contributed by atoms with E-state index in [0.717, 1.165) is 0 Å². The molecule has 0 aromatic heterocycles. The van der Waals surface area contributed by atoms with E-state index in [-0.39, 0.29) is 23.6 Å². The van der Waals surface area contributed by atoms with Crippen molar-refractivity contribution in [3.63, 3.8) is 0 Å². The highest BCUT2D eigenvalue weighted by atomic mass is 32.2. The molecule has 1 aliphatic rings.